The third kappa shape index (κ3) is 4.28. The summed E-state index contributed by atoms with van der Waals surface area (Å²) < 4.78 is 13.0. The number of fused-ring (bicyclic) bond motifs is 12. The van der Waals surface area contributed by atoms with Gasteiger partial charge >= 0.3 is 0 Å². The number of hydrogen-bond donors (Lipinski definition) is 0. The maximum atomic E-state index is 6.73. The summed E-state index contributed by atoms with van der Waals surface area (Å²) in [4.78, 5) is 0. The molecule has 2 nitrogen and oxygen atoms in total. The molecule has 0 atom stereocenters. The van der Waals surface area contributed by atoms with Crippen LogP contribution in [0.4, 0.5) is 0 Å². The second kappa shape index (κ2) is 11.3. The van der Waals surface area contributed by atoms with Crippen LogP contribution in [0.15, 0.2) is 173 Å². The molecule has 0 unspecified atom stereocenters. The molecular formula is C52H32O2. The van der Waals surface area contributed by atoms with E-state index in [1.54, 1.807) is 0 Å². The molecule has 54 heavy (non-hydrogen) atoms. The van der Waals surface area contributed by atoms with Crippen molar-refractivity contribution in [3.05, 3.63) is 175 Å². The summed E-state index contributed by atoms with van der Waals surface area (Å²) in [6, 6.07) is 57.4. The molecule has 1 aliphatic carbocycles. The Morgan fingerprint density at radius 1 is 0.370 bits per heavy atom. The van der Waals surface area contributed by atoms with E-state index in [9.17, 15) is 0 Å². The minimum absolute atomic E-state index is 0.879. The second-order valence-electron chi connectivity index (χ2n) is 14.7. The molecule has 0 spiro atoms. The molecule has 0 aliphatic heterocycles. The van der Waals surface area contributed by atoms with Crippen molar-refractivity contribution in [3.63, 3.8) is 0 Å². The molecule has 0 fully saturated rings. The van der Waals surface area contributed by atoms with Crippen LogP contribution in [0.25, 0.3) is 116 Å². The highest BCUT2D eigenvalue weighted by Crippen LogP contribution is 2.47. The molecule has 0 amide bonds. The number of hydrogen-bond acceptors (Lipinski definition) is 2. The van der Waals surface area contributed by atoms with E-state index in [0.717, 1.165) is 62.3 Å². The zero-order valence-electron chi connectivity index (χ0n) is 29.4. The first kappa shape index (κ1) is 29.7. The Balaban J connectivity index is 1.08. The highest BCUT2D eigenvalue weighted by molar-refractivity contribution is 6.31. The van der Waals surface area contributed by atoms with Crippen LogP contribution in [0.2, 0.25) is 0 Å². The molecular weight excluding hydrogens is 657 g/mol. The first-order valence-corrected chi connectivity index (χ1v) is 18.8. The fourth-order valence-electron chi connectivity index (χ4n) is 9.26. The Labute approximate surface area is 311 Å². The van der Waals surface area contributed by atoms with Gasteiger partial charge in [0.15, 0.2) is 0 Å². The average molecular weight is 689 g/mol. The van der Waals surface area contributed by atoms with E-state index in [1.165, 1.54) is 71.3 Å². The van der Waals surface area contributed by atoms with Crippen molar-refractivity contribution in [2.75, 3.05) is 0 Å². The number of benzene rings is 9. The lowest BCUT2D eigenvalue weighted by Crippen LogP contribution is -1.94. The van der Waals surface area contributed by atoms with Gasteiger partial charge in [0, 0.05) is 26.9 Å². The molecule has 252 valence electrons. The number of para-hydroxylation sites is 1. The van der Waals surface area contributed by atoms with Crippen LogP contribution < -0.4 is 0 Å². The molecule has 2 aromatic heterocycles. The quantitative estimate of drug-likeness (QED) is 0.173. The highest BCUT2D eigenvalue weighted by atomic mass is 16.3. The fourth-order valence-corrected chi connectivity index (χ4v) is 9.26. The van der Waals surface area contributed by atoms with Gasteiger partial charge in [0.1, 0.15) is 22.3 Å². The van der Waals surface area contributed by atoms with E-state index in [2.05, 4.69) is 158 Å². The molecule has 0 saturated carbocycles. The number of rotatable bonds is 3. The maximum absolute atomic E-state index is 6.73. The van der Waals surface area contributed by atoms with Gasteiger partial charge in [-0.05, 0) is 127 Å². The topological polar surface area (TPSA) is 26.3 Å². The Hall–Kier alpha value is -6.90. The third-order valence-electron chi connectivity index (χ3n) is 11.7. The Morgan fingerprint density at radius 2 is 0.944 bits per heavy atom. The van der Waals surface area contributed by atoms with Crippen molar-refractivity contribution in [3.8, 4) is 33.4 Å². The summed E-state index contributed by atoms with van der Waals surface area (Å²) in [5, 5.41) is 11.8. The number of aryl methyl sites for hydroxylation is 1. The summed E-state index contributed by atoms with van der Waals surface area (Å²) >= 11 is 0. The van der Waals surface area contributed by atoms with Crippen molar-refractivity contribution in [2.45, 2.75) is 12.8 Å². The van der Waals surface area contributed by atoms with Crippen molar-refractivity contribution >= 4 is 82.3 Å². The molecule has 0 saturated heterocycles. The van der Waals surface area contributed by atoms with Crippen LogP contribution in [0.5, 0.6) is 0 Å². The summed E-state index contributed by atoms with van der Waals surface area (Å²) in [7, 11) is 0. The van der Waals surface area contributed by atoms with Gasteiger partial charge in [-0.15, -0.1) is 0 Å². The predicted octanol–water partition coefficient (Wildman–Crippen LogP) is 14.9. The zero-order chi connectivity index (χ0) is 35.3. The van der Waals surface area contributed by atoms with Crippen LogP contribution in [-0.2, 0) is 6.42 Å². The van der Waals surface area contributed by atoms with Crippen molar-refractivity contribution < 1.29 is 8.83 Å². The zero-order valence-corrected chi connectivity index (χ0v) is 29.4. The fraction of sp³-hybridized carbons (Fsp3) is 0.0385. The van der Waals surface area contributed by atoms with Gasteiger partial charge in [-0.1, -0.05) is 127 Å². The van der Waals surface area contributed by atoms with E-state index in [1.807, 2.05) is 12.1 Å². The van der Waals surface area contributed by atoms with Crippen LogP contribution in [0.1, 0.15) is 17.5 Å². The molecule has 9 aromatic carbocycles. The number of furan rings is 2. The lowest BCUT2D eigenvalue weighted by Gasteiger charge is -2.18. The van der Waals surface area contributed by atoms with Gasteiger partial charge in [0.2, 0.25) is 0 Å². The van der Waals surface area contributed by atoms with Crippen LogP contribution in [0.3, 0.4) is 0 Å². The molecule has 1 aliphatic rings. The molecule has 11 aromatic rings. The van der Waals surface area contributed by atoms with E-state index in [-0.39, 0.29) is 0 Å². The monoisotopic (exact) mass is 688 g/mol. The lowest BCUT2D eigenvalue weighted by molar-refractivity contribution is 0.669. The number of allylic oxidation sites excluding steroid dienone is 1. The maximum Gasteiger partial charge on any atom is 0.136 e. The Morgan fingerprint density at radius 3 is 1.67 bits per heavy atom. The minimum atomic E-state index is 0.879. The van der Waals surface area contributed by atoms with Gasteiger partial charge in [-0.3, -0.25) is 0 Å². The molecule has 0 N–H and O–H groups in total. The molecule has 12 rings (SSSR count). The van der Waals surface area contributed by atoms with Crippen molar-refractivity contribution in [2.24, 2.45) is 0 Å². The summed E-state index contributed by atoms with van der Waals surface area (Å²) in [6.45, 7) is 0. The summed E-state index contributed by atoms with van der Waals surface area (Å²) in [5.41, 5.74) is 13.6. The van der Waals surface area contributed by atoms with Gasteiger partial charge in [0.25, 0.3) is 0 Å². The molecule has 2 heteroatoms. The van der Waals surface area contributed by atoms with E-state index >= 15 is 0 Å². The van der Waals surface area contributed by atoms with Crippen LogP contribution >= 0.6 is 0 Å². The standard InChI is InChI=1S/C52H32O2/c1-2-11-33-28-35(21-20-31(33)10-1)34-12-9-13-36(29-34)48-38-14-3-5-16-40(38)49(41-17-6-4-15-39(41)48)37-22-25-43-47(30-37)54-46-27-24-32-23-26-45-51(50(32)52(43)46)42-18-7-8-19-44(42)53-45/h2-9,11-30H,1,10H2. The van der Waals surface area contributed by atoms with E-state index in [0.29, 0.717) is 0 Å². The molecule has 0 bridgehead atoms. The van der Waals surface area contributed by atoms with Crippen LogP contribution in [-0.4, -0.2) is 0 Å². The minimum Gasteiger partial charge on any atom is -0.456 e. The van der Waals surface area contributed by atoms with Gasteiger partial charge in [-0.2, -0.15) is 0 Å². The normalized spacial score (nSPS) is 13.0. The van der Waals surface area contributed by atoms with Crippen LogP contribution in [0, 0.1) is 0 Å². The molecule has 0 radical (unpaired) electrons. The van der Waals surface area contributed by atoms with Gasteiger partial charge in [-0.25, -0.2) is 0 Å². The Bertz CT molecular complexity index is 3330. The summed E-state index contributed by atoms with van der Waals surface area (Å²) in [5.74, 6) is 0. The van der Waals surface area contributed by atoms with Gasteiger partial charge < -0.3 is 8.83 Å². The SMILES string of the molecule is C1=Cc2cc(-c3cccc(-c4c5ccccc5c(-c5ccc6c(c5)oc5ccc7ccc8oc9ccccc9c8c7c56)c5ccccc45)c3)ccc2CC1. The average Bonchev–Trinajstić information content (AvgIpc) is 3.81. The molecule has 2 heterocycles. The van der Waals surface area contributed by atoms with Crippen molar-refractivity contribution in [1.82, 2.24) is 0 Å². The van der Waals surface area contributed by atoms with E-state index in [4.69, 9.17) is 8.83 Å². The first-order chi connectivity index (χ1) is 26.8. The smallest absolute Gasteiger partial charge is 0.136 e. The second-order valence-corrected chi connectivity index (χ2v) is 14.7. The predicted molar refractivity (Wildman–Crippen MR) is 227 cm³/mol. The highest BCUT2D eigenvalue weighted by Gasteiger charge is 2.20. The van der Waals surface area contributed by atoms with Crippen molar-refractivity contribution in [1.29, 1.82) is 0 Å². The Kier molecular flexibility index (Phi) is 6.20. The van der Waals surface area contributed by atoms with E-state index < -0.39 is 0 Å². The third-order valence-corrected chi connectivity index (χ3v) is 11.7. The largest absolute Gasteiger partial charge is 0.456 e. The lowest BCUT2D eigenvalue weighted by atomic mass is 9.85. The van der Waals surface area contributed by atoms with Gasteiger partial charge in [0.05, 0.1) is 0 Å². The first-order valence-electron chi connectivity index (χ1n) is 18.8. The summed E-state index contributed by atoms with van der Waals surface area (Å²) in [6.07, 6.45) is 6.80.